The predicted octanol–water partition coefficient (Wildman–Crippen LogP) is 0.907. The van der Waals surface area contributed by atoms with Gasteiger partial charge in [-0.05, 0) is 17.2 Å². The Balaban J connectivity index is 1.93. The molecule has 1 atom stereocenters. The minimum Gasteiger partial charge on any atom is -0.369 e. The van der Waals surface area contributed by atoms with Crippen molar-refractivity contribution in [3.8, 4) is 11.1 Å². The highest BCUT2D eigenvalue weighted by atomic mass is 16.2. The fraction of sp³-hybridized carbons (Fsp3) is 0.167. The predicted molar refractivity (Wildman–Crippen MR) is 95.8 cm³/mol. The van der Waals surface area contributed by atoms with Crippen LogP contribution in [0.2, 0.25) is 0 Å². The van der Waals surface area contributed by atoms with E-state index in [1.54, 1.807) is 43.6 Å². The van der Waals surface area contributed by atoms with Crippen molar-refractivity contribution in [3.05, 3.63) is 66.5 Å². The van der Waals surface area contributed by atoms with Crippen LogP contribution in [0.4, 0.5) is 0 Å². The van der Waals surface area contributed by atoms with Gasteiger partial charge in [0.2, 0.25) is 0 Å². The number of guanidine groups is 1. The lowest BCUT2D eigenvalue weighted by molar-refractivity contribution is -0.129. The summed E-state index contributed by atoms with van der Waals surface area (Å²) in [7, 11) is 3.42. The number of aliphatic imine (C=N–C) groups is 1. The van der Waals surface area contributed by atoms with E-state index >= 15 is 0 Å². The first-order valence-corrected chi connectivity index (χ1v) is 8.01. The second kappa shape index (κ2) is 5.76. The van der Waals surface area contributed by atoms with Crippen molar-refractivity contribution in [1.82, 2.24) is 24.6 Å². The first kappa shape index (κ1) is 15.9. The Morgan fingerprint density at radius 3 is 2.42 bits per heavy atom. The number of aryl methyl sites for hydroxylation is 1. The average molecular weight is 347 g/mol. The molecule has 0 saturated carbocycles. The highest BCUT2D eigenvalue weighted by Crippen LogP contribution is 2.40. The number of hydrogen-bond donors (Lipinski definition) is 1. The molecule has 0 aliphatic carbocycles. The summed E-state index contributed by atoms with van der Waals surface area (Å²) >= 11 is 0. The first-order valence-electron chi connectivity index (χ1n) is 8.01. The number of carbonyl (C=O) groups is 1. The molecular formula is C18H17N7O. The molecule has 0 saturated heterocycles. The van der Waals surface area contributed by atoms with E-state index in [0.717, 1.165) is 11.1 Å². The zero-order valence-corrected chi connectivity index (χ0v) is 14.4. The van der Waals surface area contributed by atoms with Crippen molar-refractivity contribution in [3.63, 3.8) is 0 Å². The SMILES string of the molecule is CN1C(=O)C(c2cccc(-c3cncnc3)c2)(c2cnn(C)c2)N=C1N. The Morgan fingerprint density at radius 1 is 1.04 bits per heavy atom. The number of carbonyl (C=O) groups excluding carboxylic acids is 1. The van der Waals surface area contributed by atoms with Crippen LogP contribution in [-0.2, 0) is 17.4 Å². The Kier molecular flexibility index (Phi) is 3.54. The summed E-state index contributed by atoms with van der Waals surface area (Å²) in [5.74, 6) is -0.0447. The number of amides is 1. The van der Waals surface area contributed by atoms with E-state index in [4.69, 9.17) is 5.73 Å². The van der Waals surface area contributed by atoms with Crippen molar-refractivity contribution in [2.75, 3.05) is 7.05 Å². The van der Waals surface area contributed by atoms with Crippen LogP contribution in [0.15, 0.2) is 60.4 Å². The van der Waals surface area contributed by atoms with Gasteiger partial charge in [0.15, 0.2) is 11.5 Å². The third kappa shape index (κ3) is 2.26. The van der Waals surface area contributed by atoms with E-state index in [-0.39, 0.29) is 11.9 Å². The molecule has 3 heterocycles. The number of aromatic nitrogens is 4. The summed E-state index contributed by atoms with van der Waals surface area (Å²) in [6.45, 7) is 0. The largest absolute Gasteiger partial charge is 0.369 e. The molecule has 1 aromatic carbocycles. The third-order valence-electron chi connectivity index (χ3n) is 4.54. The molecule has 0 radical (unpaired) electrons. The fourth-order valence-electron chi connectivity index (χ4n) is 3.16. The zero-order valence-electron chi connectivity index (χ0n) is 14.4. The van der Waals surface area contributed by atoms with E-state index in [0.29, 0.717) is 11.1 Å². The molecule has 2 N–H and O–H groups in total. The standard InChI is InChI=1S/C18H17N7O/c1-24-10-15(9-22-24)18(16(26)25(2)17(19)23-18)14-5-3-4-12(6-14)13-7-20-11-21-8-13/h3-11H,1-2H3,(H2,19,23). The highest BCUT2D eigenvalue weighted by Gasteiger charge is 2.50. The first-order chi connectivity index (χ1) is 12.5. The van der Waals surface area contributed by atoms with E-state index in [1.807, 2.05) is 24.3 Å². The molecule has 8 heteroatoms. The second-order valence-corrected chi connectivity index (χ2v) is 6.16. The fourth-order valence-corrected chi connectivity index (χ4v) is 3.16. The van der Waals surface area contributed by atoms with Crippen molar-refractivity contribution >= 4 is 11.9 Å². The van der Waals surface area contributed by atoms with Crippen LogP contribution in [0.1, 0.15) is 11.1 Å². The maximum Gasteiger partial charge on any atom is 0.266 e. The lowest BCUT2D eigenvalue weighted by Crippen LogP contribution is -2.41. The van der Waals surface area contributed by atoms with Gasteiger partial charge in [-0.1, -0.05) is 18.2 Å². The topological polar surface area (TPSA) is 102 Å². The van der Waals surface area contributed by atoms with Crippen molar-refractivity contribution in [1.29, 1.82) is 0 Å². The van der Waals surface area contributed by atoms with Crippen molar-refractivity contribution in [2.45, 2.75) is 5.54 Å². The lowest BCUT2D eigenvalue weighted by atomic mass is 9.83. The van der Waals surface area contributed by atoms with Crippen LogP contribution in [0.25, 0.3) is 11.1 Å². The van der Waals surface area contributed by atoms with E-state index in [9.17, 15) is 4.79 Å². The van der Waals surface area contributed by atoms with Gasteiger partial charge >= 0.3 is 0 Å². The minimum atomic E-state index is -1.25. The summed E-state index contributed by atoms with van der Waals surface area (Å²) in [6, 6.07) is 7.61. The van der Waals surface area contributed by atoms with Crippen LogP contribution in [0.3, 0.4) is 0 Å². The molecular weight excluding hydrogens is 330 g/mol. The van der Waals surface area contributed by atoms with Gasteiger partial charge in [0.1, 0.15) is 6.33 Å². The molecule has 0 spiro atoms. The van der Waals surface area contributed by atoms with Gasteiger partial charge in [-0.2, -0.15) is 5.10 Å². The Labute approximate surface area is 150 Å². The van der Waals surface area contributed by atoms with Crippen LogP contribution in [0, 0.1) is 0 Å². The van der Waals surface area contributed by atoms with Gasteiger partial charge < -0.3 is 5.73 Å². The minimum absolute atomic E-state index is 0.173. The van der Waals surface area contributed by atoms with Gasteiger partial charge in [0.05, 0.1) is 6.20 Å². The molecule has 26 heavy (non-hydrogen) atoms. The number of nitrogens with two attached hydrogens (primary N) is 1. The third-order valence-corrected chi connectivity index (χ3v) is 4.54. The number of hydrogen-bond acceptors (Lipinski definition) is 6. The molecule has 1 aliphatic rings. The van der Waals surface area contributed by atoms with Gasteiger partial charge in [-0.3, -0.25) is 14.4 Å². The molecule has 8 nitrogen and oxygen atoms in total. The molecule has 1 unspecified atom stereocenters. The molecule has 1 aliphatic heterocycles. The Hall–Kier alpha value is -3.55. The Bertz CT molecular complexity index is 1010. The van der Waals surface area contributed by atoms with Gasteiger partial charge in [0.25, 0.3) is 5.91 Å². The average Bonchev–Trinajstić information content (AvgIpc) is 3.20. The zero-order chi connectivity index (χ0) is 18.3. The van der Waals surface area contributed by atoms with Crippen LogP contribution in [-0.4, -0.2) is 43.6 Å². The maximum absolute atomic E-state index is 13.2. The maximum atomic E-state index is 13.2. The van der Waals surface area contributed by atoms with Crippen molar-refractivity contribution < 1.29 is 4.79 Å². The summed E-state index contributed by atoms with van der Waals surface area (Å²) < 4.78 is 1.64. The van der Waals surface area contributed by atoms with E-state index in [1.165, 1.54) is 11.2 Å². The van der Waals surface area contributed by atoms with Gasteiger partial charge in [-0.15, -0.1) is 0 Å². The van der Waals surface area contributed by atoms with Gasteiger partial charge in [0, 0.05) is 43.8 Å². The number of likely N-dealkylation sites (N-methyl/N-ethyl adjacent to an activating group) is 1. The smallest absolute Gasteiger partial charge is 0.266 e. The normalized spacial score (nSPS) is 19.7. The quantitative estimate of drug-likeness (QED) is 0.758. The molecule has 0 fully saturated rings. The van der Waals surface area contributed by atoms with Crippen molar-refractivity contribution in [2.24, 2.45) is 17.8 Å². The van der Waals surface area contributed by atoms with Crippen LogP contribution in [0.5, 0.6) is 0 Å². The van der Waals surface area contributed by atoms with Crippen LogP contribution < -0.4 is 5.73 Å². The molecule has 1 amide bonds. The molecule has 3 aromatic rings. The lowest BCUT2D eigenvalue weighted by Gasteiger charge is -2.24. The summed E-state index contributed by atoms with van der Waals surface area (Å²) in [5, 5.41) is 4.21. The summed E-state index contributed by atoms with van der Waals surface area (Å²) in [6.07, 6.45) is 8.36. The second-order valence-electron chi connectivity index (χ2n) is 6.16. The van der Waals surface area contributed by atoms with Crippen LogP contribution >= 0.6 is 0 Å². The summed E-state index contributed by atoms with van der Waals surface area (Å²) in [5.41, 5.74) is 7.85. The Morgan fingerprint density at radius 2 is 1.81 bits per heavy atom. The van der Waals surface area contributed by atoms with Gasteiger partial charge in [-0.25, -0.2) is 15.0 Å². The number of rotatable bonds is 3. The summed E-state index contributed by atoms with van der Waals surface area (Å²) in [4.78, 5) is 27.2. The highest BCUT2D eigenvalue weighted by molar-refractivity contribution is 6.08. The van der Waals surface area contributed by atoms with E-state index < -0.39 is 5.54 Å². The number of nitrogens with zero attached hydrogens (tertiary/aromatic N) is 6. The number of benzene rings is 1. The molecule has 130 valence electrons. The van der Waals surface area contributed by atoms with E-state index in [2.05, 4.69) is 20.1 Å². The molecule has 0 bridgehead atoms. The molecule has 2 aromatic heterocycles. The monoisotopic (exact) mass is 347 g/mol. The molecule has 4 rings (SSSR count).